The summed E-state index contributed by atoms with van der Waals surface area (Å²) in [6, 6.07) is 0. The van der Waals surface area contributed by atoms with Crippen molar-refractivity contribution in [3.8, 4) is 0 Å². The normalized spacial score (nSPS) is 19.8. The number of nitrogens with one attached hydrogen (secondary N) is 2. The first-order valence-corrected chi connectivity index (χ1v) is 5.06. The monoisotopic (exact) mass is 202 g/mol. The van der Waals surface area contributed by atoms with Gasteiger partial charge in [-0.25, -0.2) is 5.84 Å². The van der Waals surface area contributed by atoms with E-state index in [1.165, 1.54) is 25.9 Å². The van der Waals surface area contributed by atoms with Crippen molar-refractivity contribution in [1.29, 1.82) is 0 Å². The fraction of sp³-hybridized carbons (Fsp3) is 0.875. The van der Waals surface area contributed by atoms with Crippen LogP contribution in [-0.4, -0.2) is 36.7 Å². The molecule has 4 N–H and O–H groups in total. The maximum atomic E-state index is 5.15. The zero-order valence-electron chi connectivity index (χ0n) is 8.05. The molecule has 0 radical (unpaired) electrons. The fourth-order valence-electron chi connectivity index (χ4n) is 1.55. The number of piperidine rings is 1. The van der Waals surface area contributed by atoms with Gasteiger partial charge in [0.2, 0.25) is 0 Å². The molecule has 0 aromatic carbocycles. The molecule has 76 valence electrons. The molecule has 0 saturated carbocycles. The molecule has 0 aromatic rings. The van der Waals surface area contributed by atoms with E-state index in [9.17, 15) is 0 Å². The third-order valence-electron chi connectivity index (χ3n) is 2.52. The number of thiocarbonyl (C=S) groups is 1. The largest absolute Gasteiger partial charge is 0.361 e. The number of hydrogen-bond donors (Lipinski definition) is 3. The van der Waals surface area contributed by atoms with Crippen LogP contribution in [0.4, 0.5) is 0 Å². The van der Waals surface area contributed by atoms with Gasteiger partial charge in [0.05, 0.1) is 0 Å². The van der Waals surface area contributed by atoms with E-state index in [0.717, 1.165) is 12.5 Å². The van der Waals surface area contributed by atoms with Gasteiger partial charge >= 0.3 is 0 Å². The topological polar surface area (TPSA) is 53.3 Å². The molecule has 13 heavy (non-hydrogen) atoms. The molecule has 0 aromatic heterocycles. The van der Waals surface area contributed by atoms with Crippen molar-refractivity contribution < 1.29 is 0 Å². The lowest BCUT2D eigenvalue weighted by molar-refractivity contribution is 0.220. The predicted molar refractivity (Wildman–Crippen MR) is 58.1 cm³/mol. The third-order valence-corrected chi connectivity index (χ3v) is 2.78. The lowest BCUT2D eigenvalue weighted by Crippen LogP contribution is -2.43. The molecule has 0 spiro atoms. The molecule has 1 rings (SSSR count). The van der Waals surface area contributed by atoms with Gasteiger partial charge in [-0.3, -0.25) is 0 Å². The average molecular weight is 202 g/mol. The van der Waals surface area contributed by atoms with E-state index in [-0.39, 0.29) is 0 Å². The minimum atomic E-state index is 0.541. The molecule has 4 nitrogen and oxygen atoms in total. The van der Waals surface area contributed by atoms with E-state index in [4.69, 9.17) is 18.1 Å². The quantitative estimate of drug-likeness (QED) is 0.325. The molecule has 0 amide bonds. The maximum Gasteiger partial charge on any atom is 0.180 e. The minimum absolute atomic E-state index is 0.541. The molecule has 1 aliphatic heterocycles. The summed E-state index contributed by atoms with van der Waals surface area (Å²) in [5.74, 6) is 5.89. The van der Waals surface area contributed by atoms with Crippen LogP contribution in [0.15, 0.2) is 0 Å². The second-order valence-corrected chi connectivity index (χ2v) is 4.01. The van der Waals surface area contributed by atoms with Crippen molar-refractivity contribution in [2.24, 2.45) is 11.8 Å². The van der Waals surface area contributed by atoms with Crippen LogP contribution in [0, 0.1) is 5.92 Å². The van der Waals surface area contributed by atoms with Crippen molar-refractivity contribution in [3.05, 3.63) is 0 Å². The Morgan fingerprint density at radius 1 is 1.54 bits per heavy atom. The van der Waals surface area contributed by atoms with E-state index in [2.05, 4.69) is 22.7 Å². The van der Waals surface area contributed by atoms with Gasteiger partial charge in [0.1, 0.15) is 0 Å². The van der Waals surface area contributed by atoms with Crippen LogP contribution in [0.1, 0.15) is 12.8 Å². The van der Waals surface area contributed by atoms with Gasteiger partial charge in [-0.05, 0) is 51.1 Å². The number of nitrogens with zero attached hydrogens (tertiary/aromatic N) is 1. The summed E-state index contributed by atoms with van der Waals surface area (Å²) in [5.41, 5.74) is 2.42. The van der Waals surface area contributed by atoms with Gasteiger partial charge in [0, 0.05) is 6.54 Å². The van der Waals surface area contributed by atoms with Gasteiger partial charge in [-0.1, -0.05) is 0 Å². The molecule has 1 heterocycles. The Labute approximate surface area is 84.8 Å². The van der Waals surface area contributed by atoms with E-state index < -0.39 is 0 Å². The fourth-order valence-corrected chi connectivity index (χ4v) is 1.64. The Kier molecular flexibility index (Phi) is 4.41. The van der Waals surface area contributed by atoms with Crippen LogP contribution < -0.4 is 16.6 Å². The maximum absolute atomic E-state index is 5.15. The molecule has 0 unspecified atom stereocenters. The van der Waals surface area contributed by atoms with E-state index in [1.807, 2.05) is 0 Å². The highest BCUT2D eigenvalue weighted by molar-refractivity contribution is 7.80. The zero-order chi connectivity index (χ0) is 9.68. The first kappa shape index (κ1) is 10.7. The number of nitrogens with two attached hydrogens (primary N) is 1. The highest BCUT2D eigenvalue weighted by atomic mass is 32.1. The summed E-state index contributed by atoms with van der Waals surface area (Å²) in [6.45, 7) is 3.32. The minimum Gasteiger partial charge on any atom is -0.361 e. The van der Waals surface area contributed by atoms with Crippen LogP contribution >= 0.6 is 12.2 Å². The third kappa shape index (κ3) is 3.89. The van der Waals surface area contributed by atoms with Crippen LogP contribution in [0.25, 0.3) is 0 Å². The Morgan fingerprint density at radius 2 is 2.15 bits per heavy atom. The second-order valence-electron chi connectivity index (χ2n) is 3.60. The first-order valence-electron chi connectivity index (χ1n) is 4.65. The lowest BCUT2D eigenvalue weighted by atomic mass is 9.97. The number of hydrazine groups is 1. The highest BCUT2D eigenvalue weighted by Crippen LogP contribution is 2.14. The Hall–Kier alpha value is -0.390. The van der Waals surface area contributed by atoms with E-state index in [1.54, 1.807) is 0 Å². The van der Waals surface area contributed by atoms with Crippen LogP contribution in [0.2, 0.25) is 0 Å². The molecule has 5 heteroatoms. The van der Waals surface area contributed by atoms with Gasteiger partial charge in [0.25, 0.3) is 0 Å². The smallest absolute Gasteiger partial charge is 0.180 e. The summed E-state index contributed by atoms with van der Waals surface area (Å²) in [5, 5.41) is 3.63. The number of rotatable bonds is 2. The number of hydrogen-bond acceptors (Lipinski definition) is 3. The molecular weight excluding hydrogens is 184 g/mol. The van der Waals surface area contributed by atoms with Crippen LogP contribution in [-0.2, 0) is 0 Å². The lowest BCUT2D eigenvalue weighted by Gasteiger charge is -2.29. The van der Waals surface area contributed by atoms with Gasteiger partial charge in [-0.2, -0.15) is 0 Å². The van der Waals surface area contributed by atoms with Crippen molar-refractivity contribution in [3.63, 3.8) is 0 Å². The van der Waals surface area contributed by atoms with Crippen LogP contribution in [0.5, 0.6) is 0 Å². The standard InChI is InChI=1S/C8H18N4S/c1-12-4-2-7(3-5-12)6-10-8(13)11-9/h7H,2-6,9H2,1H3,(H2,10,11,13). The van der Waals surface area contributed by atoms with Gasteiger partial charge < -0.3 is 15.6 Å². The zero-order valence-corrected chi connectivity index (χ0v) is 8.86. The van der Waals surface area contributed by atoms with Crippen molar-refractivity contribution in [2.45, 2.75) is 12.8 Å². The molecule has 0 bridgehead atoms. The molecular formula is C8H18N4S. The Balaban J connectivity index is 2.12. The molecule has 1 saturated heterocycles. The van der Waals surface area contributed by atoms with Crippen molar-refractivity contribution in [1.82, 2.24) is 15.6 Å². The summed E-state index contributed by atoms with van der Waals surface area (Å²) < 4.78 is 0. The molecule has 0 atom stereocenters. The number of likely N-dealkylation sites (tertiary alicyclic amines) is 1. The summed E-state index contributed by atoms with van der Waals surface area (Å²) in [7, 11) is 2.16. The highest BCUT2D eigenvalue weighted by Gasteiger charge is 2.16. The molecule has 0 aliphatic carbocycles. The Bertz CT molecular complexity index is 166. The van der Waals surface area contributed by atoms with Gasteiger partial charge in [0.15, 0.2) is 5.11 Å². The summed E-state index contributed by atoms with van der Waals surface area (Å²) in [6.07, 6.45) is 2.49. The van der Waals surface area contributed by atoms with E-state index >= 15 is 0 Å². The Morgan fingerprint density at radius 3 is 2.69 bits per heavy atom. The SMILES string of the molecule is CN1CCC(CNC(=S)NN)CC1. The summed E-state index contributed by atoms with van der Waals surface area (Å²) >= 11 is 4.89. The second kappa shape index (κ2) is 5.36. The average Bonchev–Trinajstić information content (AvgIpc) is 2.16. The van der Waals surface area contributed by atoms with E-state index in [0.29, 0.717) is 5.11 Å². The molecule has 1 fully saturated rings. The first-order chi connectivity index (χ1) is 6.22. The van der Waals surface area contributed by atoms with Crippen LogP contribution in [0.3, 0.4) is 0 Å². The van der Waals surface area contributed by atoms with Crippen molar-refractivity contribution in [2.75, 3.05) is 26.7 Å². The predicted octanol–water partition coefficient (Wildman–Crippen LogP) is -0.334. The molecule has 1 aliphatic rings. The van der Waals surface area contributed by atoms with Crippen molar-refractivity contribution >= 4 is 17.3 Å². The van der Waals surface area contributed by atoms with Gasteiger partial charge in [-0.15, -0.1) is 0 Å². The summed E-state index contributed by atoms with van der Waals surface area (Å²) in [4.78, 5) is 2.36.